The third kappa shape index (κ3) is 3.00. The summed E-state index contributed by atoms with van der Waals surface area (Å²) in [6, 6.07) is 3.95. The molecule has 1 unspecified atom stereocenters. The van der Waals surface area contributed by atoms with Crippen LogP contribution in [0.15, 0.2) is 18.2 Å². The van der Waals surface area contributed by atoms with Crippen LogP contribution in [0, 0.1) is 11.2 Å². The molecule has 0 aliphatic heterocycles. The molecule has 0 radical (unpaired) electrons. The van der Waals surface area contributed by atoms with Crippen LogP contribution in [0.25, 0.3) is 0 Å². The van der Waals surface area contributed by atoms with Gasteiger partial charge in [0.15, 0.2) is 0 Å². The van der Waals surface area contributed by atoms with E-state index in [4.69, 9.17) is 16.3 Å². The van der Waals surface area contributed by atoms with E-state index in [0.717, 1.165) is 6.07 Å². The highest BCUT2D eigenvalue weighted by Crippen LogP contribution is 2.35. The summed E-state index contributed by atoms with van der Waals surface area (Å²) < 4.78 is 18.2. The van der Waals surface area contributed by atoms with Gasteiger partial charge in [0.1, 0.15) is 5.82 Å². The van der Waals surface area contributed by atoms with Gasteiger partial charge in [0, 0.05) is 0 Å². The Bertz CT molecular complexity index is 446. The maximum absolute atomic E-state index is 13.3. The number of esters is 1. The van der Waals surface area contributed by atoms with E-state index in [0.29, 0.717) is 0 Å². The van der Waals surface area contributed by atoms with E-state index in [-0.39, 0.29) is 17.2 Å². The van der Waals surface area contributed by atoms with Gasteiger partial charge in [-0.15, -0.1) is 0 Å². The van der Waals surface area contributed by atoms with Crippen molar-refractivity contribution in [2.45, 2.75) is 26.9 Å². The molecule has 0 aromatic heterocycles. The van der Waals surface area contributed by atoms with Crippen LogP contribution in [0.1, 0.15) is 32.4 Å². The van der Waals surface area contributed by atoms with Gasteiger partial charge in [-0.1, -0.05) is 17.7 Å². The molecular formula is C13H16ClFO3. The predicted molar refractivity (Wildman–Crippen MR) is 66.8 cm³/mol. The Morgan fingerprint density at radius 3 is 2.67 bits per heavy atom. The van der Waals surface area contributed by atoms with Crippen LogP contribution < -0.4 is 0 Å². The van der Waals surface area contributed by atoms with Gasteiger partial charge >= 0.3 is 5.97 Å². The Morgan fingerprint density at radius 1 is 1.56 bits per heavy atom. The van der Waals surface area contributed by atoms with Crippen molar-refractivity contribution in [2.75, 3.05) is 6.61 Å². The van der Waals surface area contributed by atoms with Gasteiger partial charge in [0.2, 0.25) is 0 Å². The van der Waals surface area contributed by atoms with Crippen molar-refractivity contribution in [3.8, 4) is 0 Å². The van der Waals surface area contributed by atoms with Crippen LogP contribution in [0.3, 0.4) is 0 Å². The fourth-order valence-electron chi connectivity index (χ4n) is 1.53. The smallest absolute Gasteiger partial charge is 0.314 e. The maximum Gasteiger partial charge on any atom is 0.314 e. The summed E-state index contributed by atoms with van der Waals surface area (Å²) in [6.45, 7) is 5.00. The summed E-state index contributed by atoms with van der Waals surface area (Å²) in [7, 11) is 0. The fourth-order valence-corrected chi connectivity index (χ4v) is 1.65. The first kappa shape index (κ1) is 14.9. The topological polar surface area (TPSA) is 46.5 Å². The lowest BCUT2D eigenvalue weighted by Gasteiger charge is -2.28. The second-order valence-corrected chi connectivity index (χ2v) is 4.93. The molecule has 0 aliphatic carbocycles. The first-order valence-corrected chi connectivity index (χ1v) is 5.98. The third-order valence-electron chi connectivity index (χ3n) is 2.74. The normalized spacial score (nSPS) is 13.2. The summed E-state index contributed by atoms with van der Waals surface area (Å²) in [5.41, 5.74) is -0.869. The number of hydrogen-bond donors (Lipinski definition) is 1. The lowest BCUT2D eigenvalue weighted by Crippen LogP contribution is -2.33. The summed E-state index contributed by atoms with van der Waals surface area (Å²) in [6.07, 6.45) is -1.16. The molecule has 0 aliphatic rings. The minimum Gasteiger partial charge on any atom is -0.465 e. The number of ether oxygens (including phenoxy) is 1. The zero-order chi connectivity index (χ0) is 13.9. The number of aliphatic hydroxyl groups is 1. The van der Waals surface area contributed by atoms with E-state index in [1.807, 2.05) is 0 Å². The molecule has 0 saturated carbocycles. The quantitative estimate of drug-likeness (QED) is 0.858. The Hall–Kier alpha value is -1.13. The molecule has 18 heavy (non-hydrogen) atoms. The number of hydrogen-bond acceptors (Lipinski definition) is 3. The number of rotatable bonds is 4. The summed E-state index contributed by atoms with van der Waals surface area (Å²) in [5, 5.41) is 10.1. The van der Waals surface area contributed by atoms with Gasteiger partial charge in [-0.3, -0.25) is 4.79 Å². The van der Waals surface area contributed by atoms with E-state index < -0.39 is 23.3 Å². The highest BCUT2D eigenvalue weighted by Gasteiger charge is 2.38. The second kappa shape index (κ2) is 5.67. The van der Waals surface area contributed by atoms with Crippen molar-refractivity contribution in [3.05, 3.63) is 34.6 Å². The molecule has 0 amide bonds. The van der Waals surface area contributed by atoms with Gasteiger partial charge in [-0.2, -0.15) is 0 Å². The van der Waals surface area contributed by atoms with Gasteiger partial charge in [-0.25, -0.2) is 4.39 Å². The van der Waals surface area contributed by atoms with Gasteiger partial charge in [-0.05, 0) is 38.5 Å². The molecule has 0 fully saturated rings. The molecule has 1 aromatic rings. The SMILES string of the molecule is CCOC(=O)C(C)(C)C(O)c1ccc(Cl)c(F)c1. The van der Waals surface area contributed by atoms with Gasteiger partial charge in [0.05, 0.1) is 23.1 Å². The van der Waals surface area contributed by atoms with Crippen molar-refractivity contribution in [3.63, 3.8) is 0 Å². The fraction of sp³-hybridized carbons (Fsp3) is 0.462. The number of carbonyl (C=O) groups is 1. The molecule has 0 spiro atoms. The Balaban J connectivity index is 3.01. The Labute approximate surface area is 111 Å². The molecule has 1 N–H and O–H groups in total. The van der Waals surface area contributed by atoms with E-state index in [1.165, 1.54) is 12.1 Å². The van der Waals surface area contributed by atoms with Crippen molar-refractivity contribution in [1.82, 2.24) is 0 Å². The average Bonchev–Trinajstić information content (AvgIpc) is 2.32. The number of halogens is 2. The molecule has 1 atom stereocenters. The molecule has 1 rings (SSSR count). The summed E-state index contributed by atoms with van der Waals surface area (Å²) >= 11 is 5.56. The van der Waals surface area contributed by atoms with Gasteiger partial charge < -0.3 is 9.84 Å². The second-order valence-electron chi connectivity index (χ2n) is 4.52. The predicted octanol–water partition coefficient (Wildman–Crippen LogP) is 3.10. The number of benzene rings is 1. The monoisotopic (exact) mass is 274 g/mol. The molecular weight excluding hydrogens is 259 g/mol. The van der Waals surface area contributed by atoms with Gasteiger partial charge in [0.25, 0.3) is 0 Å². The first-order chi connectivity index (χ1) is 8.30. The average molecular weight is 275 g/mol. The van der Waals surface area contributed by atoms with Crippen LogP contribution in [-0.4, -0.2) is 17.7 Å². The van der Waals surface area contributed by atoms with Crippen LogP contribution in [0.2, 0.25) is 5.02 Å². The summed E-state index contributed by atoms with van der Waals surface area (Å²) in [4.78, 5) is 11.7. The lowest BCUT2D eigenvalue weighted by molar-refractivity contribution is -0.160. The highest BCUT2D eigenvalue weighted by atomic mass is 35.5. The van der Waals surface area contributed by atoms with E-state index in [1.54, 1.807) is 20.8 Å². The maximum atomic E-state index is 13.3. The minimum absolute atomic E-state index is 0.0279. The van der Waals surface area contributed by atoms with E-state index >= 15 is 0 Å². The Morgan fingerprint density at radius 2 is 2.17 bits per heavy atom. The minimum atomic E-state index is -1.16. The largest absolute Gasteiger partial charge is 0.465 e. The molecule has 5 heteroatoms. The molecule has 0 heterocycles. The summed E-state index contributed by atoms with van der Waals surface area (Å²) in [5.74, 6) is -1.17. The van der Waals surface area contributed by atoms with E-state index in [9.17, 15) is 14.3 Å². The highest BCUT2D eigenvalue weighted by molar-refractivity contribution is 6.30. The molecule has 100 valence electrons. The van der Waals surface area contributed by atoms with Crippen LogP contribution >= 0.6 is 11.6 Å². The molecule has 1 aromatic carbocycles. The standard InChI is InChI=1S/C13H16ClFO3/c1-4-18-12(17)13(2,3)11(16)8-5-6-9(14)10(15)7-8/h5-7,11,16H,4H2,1-3H3. The molecule has 0 saturated heterocycles. The van der Waals surface area contributed by atoms with Crippen LogP contribution in [0.5, 0.6) is 0 Å². The van der Waals surface area contributed by atoms with Crippen LogP contribution in [-0.2, 0) is 9.53 Å². The number of carbonyl (C=O) groups excluding carboxylic acids is 1. The Kier molecular flexibility index (Phi) is 4.71. The van der Waals surface area contributed by atoms with Crippen molar-refractivity contribution < 1.29 is 19.0 Å². The lowest BCUT2D eigenvalue weighted by atomic mass is 9.82. The first-order valence-electron chi connectivity index (χ1n) is 5.61. The van der Waals surface area contributed by atoms with Crippen molar-refractivity contribution in [1.29, 1.82) is 0 Å². The zero-order valence-electron chi connectivity index (χ0n) is 10.5. The third-order valence-corrected chi connectivity index (χ3v) is 3.05. The molecule has 3 nitrogen and oxygen atoms in total. The van der Waals surface area contributed by atoms with E-state index in [2.05, 4.69) is 0 Å². The van der Waals surface area contributed by atoms with Crippen molar-refractivity contribution >= 4 is 17.6 Å². The molecule has 0 bridgehead atoms. The van der Waals surface area contributed by atoms with Crippen LogP contribution in [0.4, 0.5) is 4.39 Å². The van der Waals surface area contributed by atoms with Crippen molar-refractivity contribution in [2.24, 2.45) is 5.41 Å². The number of aliphatic hydroxyl groups excluding tert-OH is 1. The zero-order valence-corrected chi connectivity index (χ0v) is 11.3.